The second-order valence-electron chi connectivity index (χ2n) is 10.1. The van der Waals surface area contributed by atoms with Gasteiger partial charge >= 0.3 is 18.2 Å². The van der Waals surface area contributed by atoms with Gasteiger partial charge < -0.3 is 25.0 Å². The quantitative estimate of drug-likeness (QED) is 0.241. The summed E-state index contributed by atoms with van der Waals surface area (Å²) in [5, 5.41) is 20.1. The first-order chi connectivity index (χ1) is 20.7. The molecule has 0 saturated carbocycles. The Morgan fingerprint density at radius 2 is 1.73 bits per heavy atom. The predicted octanol–water partition coefficient (Wildman–Crippen LogP) is 3.36. The van der Waals surface area contributed by atoms with Gasteiger partial charge in [0, 0.05) is 49.4 Å². The van der Waals surface area contributed by atoms with Gasteiger partial charge in [-0.3, -0.25) is 19.8 Å². The van der Waals surface area contributed by atoms with E-state index in [-0.39, 0.29) is 18.5 Å². The van der Waals surface area contributed by atoms with Crippen molar-refractivity contribution in [1.29, 1.82) is 0 Å². The minimum atomic E-state index is -5.08. The molecule has 1 aliphatic heterocycles. The number of carbonyl (C=O) groups is 4. The Bertz CT molecular complexity index is 1500. The molecule has 1 aliphatic rings. The lowest BCUT2D eigenvalue weighted by atomic mass is 9.90. The Balaban J connectivity index is 0.000000676. The van der Waals surface area contributed by atoms with E-state index in [2.05, 4.69) is 10.3 Å². The van der Waals surface area contributed by atoms with E-state index in [4.69, 9.17) is 19.8 Å². The fourth-order valence-electron chi connectivity index (χ4n) is 4.58. The number of nitrogens with zero attached hydrogens (tertiary/aromatic N) is 3. The second kappa shape index (κ2) is 14.5. The maximum absolute atomic E-state index is 13.0. The van der Waals surface area contributed by atoms with Crippen LogP contribution in [0.25, 0.3) is 10.9 Å². The van der Waals surface area contributed by atoms with E-state index in [1.165, 1.54) is 4.90 Å². The summed E-state index contributed by atoms with van der Waals surface area (Å²) >= 11 is 0. The number of hydroxylamine groups is 1. The highest BCUT2D eigenvalue weighted by atomic mass is 19.4. The summed E-state index contributed by atoms with van der Waals surface area (Å²) in [4.78, 5) is 54.1. The maximum Gasteiger partial charge on any atom is 0.490 e. The van der Waals surface area contributed by atoms with Crippen molar-refractivity contribution in [2.24, 2.45) is 5.92 Å². The van der Waals surface area contributed by atoms with Crippen LogP contribution in [-0.4, -0.2) is 88.3 Å². The summed E-state index contributed by atoms with van der Waals surface area (Å²) in [6.45, 7) is 2.80. The number of pyridine rings is 1. The topological polar surface area (TPSA) is 161 Å². The largest absolute Gasteiger partial charge is 0.490 e. The van der Waals surface area contributed by atoms with Crippen molar-refractivity contribution in [1.82, 2.24) is 25.6 Å². The number of piperidine rings is 1. The molecule has 0 radical (unpaired) electrons. The fraction of sp³-hybridized carbons (Fsp3) is 0.345. The minimum absolute atomic E-state index is 0.154. The zero-order chi connectivity index (χ0) is 32.6. The molecule has 4 N–H and O–H groups in total. The highest BCUT2D eigenvalue weighted by Crippen LogP contribution is 2.23. The highest BCUT2D eigenvalue weighted by Gasteiger charge is 2.38. The molecule has 44 heavy (non-hydrogen) atoms. The first-order valence-electron chi connectivity index (χ1n) is 13.3. The third kappa shape index (κ3) is 8.80. The Morgan fingerprint density at radius 1 is 1.09 bits per heavy atom. The molecule has 3 aromatic rings. The molecule has 1 aromatic heterocycles. The average Bonchev–Trinajstić information content (AvgIpc) is 2.99. The van der Waals surface area contributed by atoms with E-state index in [9.17, 15) is 27.6 Å². The molecule has 0 spiro atoms. The molecular formula is C29H32F3N5O7. The van der Waals surface area contributed by atoms with Gasteiger partial charge in [0.1, 0.15) is 12.4 Å². The molecule has 4 amide bonds. The number of fused-ring (bicyclic) bond motifs is 1. The van der Waals surface area contributed by atoms with Crippen molar-refractivity contribution in [2.75, 3.05) is 27.2 Å². The van der Waals surface area contributed by atoms with E-state index in [0.717, 1.165) is 22.2 Å². The fourth-order valence-corrected chi connectivity index (χ4v) is 4.58. The van der Waals surface area contributed by atoms with Crippen LogP contribution >= 0.6 is 0 Å². The minimum Gasteiger partial charge on any atom is -0.489 e. The number of halogens is 3. The lowest BCUT2D eigenvalue weighted by molar-refractivity contribution is -0.192. The lowest BCUT2D eigenvalue weighted by Crippen LogP contribution is -2.58. The Labute approximate surface area is 250 Å². The molecule has 1 saturated heterocycles. The summed E-state index contributed by atoms with van der Waals surface area (Å²) in [5.41, 5.74) is 4.90. The number of aliphatic carboxylic acids is 1. The van der Waals surface area contributed by atoms with Crippen LogP contribution in [0.2, 0.25) is 0 Å². The van der Waals surface area contributed by atoms with E-state index in [0.29, 0.717) is 30.9 Å². The Hall–Kier alpha value is -4.92. The summed E-state index contributed by atoms with van der Waals surface area (Å²) in [7, 11) is 3.29. The van der Waals surface area contributed by atoms with Crippen molar-refractivity contribution in [3.63, 3.8) is 0 Å². The molecule has 0 aliphatic carbocycles. The number of likely N-dealkylation sites (tertiary alicyclic amines) is 1. The van der Waals surface area contributed by atoms with E-state index >= 15 is 0 Å². The second-order valence-corrected chi connectivity index (χ2v) is 10.1. The number of urea groups is 1. The zero-order valence-corrected chi connectivity index (χ0v) is 24.1. The zero-order valence-electron chi connectivity index (χ0n) is 24.1. The monoisotopic (exact) mass is 619 g/mol. The molecule has 0 bridgehead atoms. The summed E-state index contributed by atoms with van der Waals surface area (Å²) in [6.07, 6.45) is -4.77. The number of hydrogen-bond acceptors (Lipinski definition) is 7. The first kappa shape index (κ1) is 33.6. The van der Waals surface area contributed by atoms with Crippen molar-refractivity contribution in [3.8, 4) is 5.75 Å². The number of ether oxygens (including phenoxy) is 1. The highest BCUT2D eigenvalue weighted by molar-refractivity contribution is 5.95. The molecule has 12 nitrogen and oxygen atoms in total. The van der Waals surface area contributed by atoms with Crippen LogP contribution in [0.15, 0.2) is 54.6 Å². The van der Waals surface area contributed by atoms with E-state index in [1.807, 2.05) is 37.3 Å². The van der Waals surface area contributed by atoms with Gasteiger partial charge in [-0.15, -0.1) is 0 Å². The van der Waals surface area contributed by atoms with Crippen LogP contribution in [0.1, 0.15) is 28.0 Å². The molecule has 4 rings (SSSR count). The summed E-state index contributed by atoms with van der Waals surface area (Å²) in [5.74, 6) is -3.80. The number of amides is 4. The molecule has 1 fully saturated rings. The number of carbonyl (C=O) groups excluding carboxylic acids is 3. The number of aromatic nitrogens is 1. The van der Waals surface area contributed by atoms with Gasteiger partial charge in [-0.1, -0.05) is 18.2 Å². The van der Waals surface area contributed by atoms with Crippen LogP contribution in [-0.2, 0) is 16.2 Å². The standard InChI is InChI=1S/C27H31N5O5.C2HF3O2/c1-17-14-19(21-6-4-5-7-23(21)28-17)16-37-20-10-8-18(9-11-20)25(33)29-24-15-32(27(35)31(2)3)13-12-22(24)26(34)30-36;3-2(4,5)1(6)7/h4-11,14,22,24,36H,12-13,15-16H2,1-3H3,(H,29,33)(H,30,34);(H,6,7)/t22-,24-;/m0./s1. The number of nitrogens with one attached hydrogen (secondary N) is 2. The third-order valence-electron chi connectivity index (χ3n) is 6.71. The van der Waals surface area contributed by atoms with Gasteiger partial charge in [0.15, 0.2) is 0 Å². The lowest BCUT2D eigenvalue weighted by Gasteiger charge is -2.38. The normalized spacial score (nSPS) is 16.3. The van der Waals surface area contributed by atoms with Crippen LogP contribution in [0.5, 0.6) is 5.75 Å². The van der Waals surface area contributed by atoms with Gasteiger partial charge in [0.2, 0.25) is 5.91 Å². The number of carboxylic acid groups (broad SMARTS) is 1. The summed E-state index contributed by atoms with van der Waals surface area (Å²) in [6, 6.07) is 15.7. The average molecular weight is 620 g/mol. The number of aryl methyl sites for hydroxylation is 1. The predicted molar refractivity (Wildman–Crippen MR) is 151 cm³/mol. The number of para-hydroxylation sites is 1. The van der Waals surface area contributed by atoms with Crippen molar-refractivity contribution in [3.05, 3.63) is 71.4 Å². The smallest absolute Gasteiger partial charge is 0.489 e. The molecule has 2 aromatic carbocycles. The Morgan fingerprint density at radius 3 is 2.32 bits per heavy atom. The molecule has 2 atom stereocenters. The number of benzene rings is 2. The SMILES string of the molecule is Cc1cc(COc2ccc(C(=O)N[C@H]3CN(C(=O)N(C)C)CC[C@@H]3C(=O)NO)cc2)c2ccccc2n1.O=C(O)C(F)(F)F. The Kier molecular flexibility index (Phi) is 11.1. The van der Waals surface area contributed by atoms with Crippen LogP contribution in [0.3, 0.4) is 0 Å². The summed E-state index contributed by atoms with van der Waals surface area (Å²) < 4.78 is 37.7. The van der Waals surface area contributed by atoms with Crippen molar-refractivity contribution < 1.29 is 47.4 Å². The van der Waals surface area contributed by atoms with Crippen LogP contribution in [0.4, 0.5) is 18.0 Å². The van der Waals surface area contributed by atoms with Crippen LogP contribution < -0.4 is 15.5 Å². The van der Waals surface area contributed by atoms with Crippen molar-refractivity contribution >= 4 is 34.7 Å². The van der Waals surface area contributed by atoms with Gasteiger partial charge in [-0.2, -0.15) is 13.2 Å². The number of hydrogen-bond donors (Lipinski definition) is 4. The first-order valence-corrected chi connectivity index (χ1v) is 13.3. The van der Waals surface area contributed by atoms with Gasteiger partial charge in [-0.05, 0) is 49.7 Å². The molecule has 15 heteroatoms. The molecule has 236 valence electrons. The van der Waals surface area contributed by atoms with Gasteiger partial charge in [0.25, 0.3) is 5.91 Å². The van der Waals surface area contributed by atoms with Gasteiger partial charge in [0.05, 0.1) is 17.5 Å². The van der Waals surface area contributed by atoms with Gasteiger partial charge in [-0.25, -0.2) is 15.1 Å². The number of carboxylic acids is 1. The molecule has 0 unspecified atom stereocenters. The van der Waals surface area contributed by atoms with E-state index in [1.54, 1.807) is 48.7 Å². The molecular weight excluding hydrogens is 587 g/mol. The van der Waals surface area contributed by atoms with Crippen LogP contribution in [0, 0.1) is 12.8 Å². The third-order valence-corrected chi connectivity index (χ3v) is 6.71. The van der Waals surface area contributed by atoms with E-state index < -0.39 is 30.0 Å². The number of alkyl halides is 3. The molecule has 2 heterocycles. The maximum atomic E-state index is 13.0. The number of rotatable bonds is 6. The van der Waals surface area contributed by atoms with Crippen molar-refractivity contribution in [2.45, 2.75) is 32.2 Å².